The standard InChI is InChI=1S/C16H23F2NO3S/c1-4-5-19-8-11(2)12(9-19)10-22-13-6-14(17)16(15(18)7-13)23(3,20)21/h6-7,11-12H,4-5,8-10H2,1-3H3. The first-order chi connectivity index (χ1) is 10.7. The zero-order chi connectivity index (χ0) is 17.2. The first-order valence-corrected chi connectivity index (χ1v) is 9.65. The van der Waals surface area contributed by atoms with E-state index in [-0.39, 0.29) is 5.75 Å². The van der Waals surface area contributed by atoms with Crippen LogP contribution in [0.4, 0.5) is 8.78 Å². The minimum absolute atomic E-state index is 0.0218. The van der Waals surface area contributed by atoms with Crippen molar-refractivity contribution in [1.82, 2.24) is 4.90 Å². The molecule has 7 heteroatoms. The number of hydrogen-bond acceptors (Lipinski definition) is 4. The Kier molecular flexibility index (Phi) is 5.62. The molecule has 1 saturated heterocycles. The van der Waals surface area contributed by atoms with Gasteiger partial charge in [0.2, 0.25) is 0 Å². The third-order valence-corrected chi connectivity index (χ3v) is 5.32. The number of halogens is 2. The van der Waals surface area contributed by atoms with E-state index in [1.807, 2.05) is 0 Å². The van der Waals surface area contributed by atoms with Crippen molar-refractivity contribution in [2.75, 3.05) is 32.5 Å². The minimum atomic E-state index is -3.95. The summed E-state index contributed by atoms with van der Waals surface area (Å²) in [4.78, 5) is 1.44. The van der Waals surface area contributed by atoms with Crippen molar-refractivity contribution in [1.29, 1.82) is 0 Å². The second kappa shape index (κ2) is 7.13. The summed E-state index contributed by atoms with van der Waals surface area (Å²) in [7, 11) is -3.95. The molecule has 2 rings (SSSR count). The lowest BCUT2D eigenvalue weighted by Gasteiger charge is -2.16. The van der Waals surface area contributed by atoms with Crippen LogP contribution < -0.4 is 4.74 Å². The highest BCUT2D eigenvalue weighted by molar-refractivity contribution is 7.90. The Balaban J connectivity index is 2.05. The third-order valence-electron chi connectivity index (χ3n) is 4.19. The summed E-state index contributed by atoms with van der Waals surface area (Å²) in [6.45, 7) is 7.56. The number of nitrogens with zero attached hydrogens (tertiary/aromatic N) is 1. The summed E-state index contributed by atoms with van der Waals surface area (Å²) < 4.78 is 55.9. The van der Waals surface area contributed by atoms with Gasteiger partial charge in [-0.15, -0.1) is 0 Å². The van der Waals surface area contributed by atoms with E-state index in [1.165, 1.54) is 0 Å². The van der Waals surface area contributed by atoms with Crippen LogP contribution in [0.5, 0.6) is 5.75 Å². The topological polar surface area (TPSA) is 46.6 Å². The van der Waals surface area contributed by atoms with Crippen molar-refractivity contribution in [3.63, 3.8) is 0 Å². The zero-order valence-electron chi connectivity index (χ0n) is 13.7. The summed E-state index contributed by atoms with van der Waals surface area (Å²) in [6.07, 6.45) is 1.86. The van der Waals surface area contributed by atoms with Gasteiger partial charge in [-0.05, 0) is 18.9 Å². The van der Waals surface area contributed by atoms with Crippen LogP contribution in [-0.4, -0.2) is 45.8 Å². The van der Waals surface area contributed by atoms with Gasteiger partial charge in [0.15, 0.2) is 9.84 Å². The molecule has 2 atom stereocenters. The van der Waals surface area contributed by atoms with Gasteiger partial charge in [0.1, 0.15) is 22.3 Å². The Hall–Kier alpha value is -1.21. The Morgan fingerprint density at radius 2 is 1.87 bits per heavy atom. The molecule has 0 aliphatic carbocycles. The molecule has 23 heavy (non-hydrogen) atoms. The van der Waals surface area contributed by atoms with Crippen LogP contribution in [0.2, 0.25) is 0 Å². The van der Waals surface area contributed by atoms with Gasteiger partial charge in [0.05, 0.1) is 6.61 Å². The Bertz CT molecular complexity index is 640. The highest BCUT2D eigenvalue weighted by atomic mass is 32.2. The molecule has 1 heterocycles. The zero-order valence-corrected chi connectivity index (χ0v) is 14.5. The van der Waals surface area contributed by atoms with E-state index in [0.29, 0.717) is 18.4 Å². The van der Waals surface area contributed by atoms with Gasteiger partial charge in [0.25, 0.3) is 0 Å². The number of rotatable bonds is 6. The quantitative estimate of drug-likeness (QED) is 0.794. The molecule has 1 aliphatic rings. The summed E-state index contributed by atoms with van der Waals surface area (Å²) in [5.74, 6) is -1.47. The number of likely N-dealkylation sites (tertiary alicyclic amines) is 1. The molecule has 1 aromatic rings. The number of benzene rings is 1. The average Bonchev–Trinajstić information content (AvgIpc) is 2.74. The lowest BCUT2D eigenvalue weighted by atomic mass is 9.99. The van der Waals surface area contributed by atoms with E-state index in [1.54, 1.807) is 0 Å². The molecule has 0 aromatic heterocycles. The maximum absolute atomic E-state index is 13.8. The van der Waals surface area contributed by atoms with Gasteiger partial charge in [-0.25, -0.2) is 17.2 Å². The molecule has 0 N–H and O–H groups in total. The Morgan fingerprint density at radius 1 is 1.26 bits per heavy atom. The molecule has 4 nitrogen and oxygen atoms in total. The molecule has 0 radical (unpaired) electrons. The predicted octanol–water partition coefficient (Wildman–Crippen LogP) is 2.73. The van der Waals surface area contributed by atoms with Gasteiger partial charge in [-0.1, -0.05) is 13.8 Å². The molecule has 0 spiro atoms. The first kappa shape index (κ1) is 18.1. The van der Waals surface area contributed by atoms with Crippen LogP contribution in [0.15, 0.2) is 17.0 Å². The molecule has 1 aromatic carbocycles. The average molecular weight is 347 g/mol. The maximum Gasteiger partial charge on any atom is 0.181 e. The number of sulfone groups is 1. The van der Waals surface area contributed by atoms with Crippen LogP contribution >= 0.6 is 0 Å². The van der Waals surface area contributed by atoms with Crippen molar-refractivity contribution >= 4 is 9.84 Å². The van der Waals surface area contributed by atoms with Gasteiger partial charge < -0.3 is 9.64 Å². The van der Waals surface area contributed by atoms with Crippen molar-refractivity contribution in [3.8, 4) is 5.75 Å². The van der Waals surface area contributed by atoms with Gasteiger partial charge >= 0.3 is 0 Å². The molecule has 0 saturated carbocycles. The summed E-state index contributed by atoms with van der Waals surface area (Å²) in [6, 6.07) is 1.87. The largest absolute Gasteiger partial charge is 0.493 e. The summed E-state index contributed by atoms with van der Waals surface area (Å²) in [5.41, 5.74) is 0. The Labute approximate surface area is 136 Å². The van der Waals surface area contributed by atoms with Gasteiger partial charge in [0, 0.05) is 37.4 Å². The van der Waals surface area contributed by atoms with E-state index in [4.69, 9.17) is 4.74 Å². The monoisotopic (exact) mass is 347 g/mol. The van der Waals surface area contributed by atoms with E-state index < -0.39 is 26.4 Å². The minimum Gasteiger partial charge on any atom is -0.493 e. The molecule has 1 fully saturated rings. The third kappa shape index (κ3) is 4.41. The van der Waals surface area contributed by atoms with Crippen molar-refractivity contribution in [2.45, 2.75) is 25.2 Å². The highest BCUT2D eigenvalue weighted by Gasteiger charge is 2.29. The normalized spacial score (nSPS) is 22.5. The lowest BCUT2D eigenvalue weighted by molar-refractivity contribution is 0.223. The van der Waals surface area contributed by atoms with Crippen molar-refractivity contribution in [2.24, 2.45) is 11.8 Å². The molecular formula is C16H23F2NO3S. The van der Waals surface area contributed by atoms with Crippen LogP contribution in [-0.2, 0) is 9.84 Å². The molecule has 2 unspecified atom stereocenters. The molecular weight excluding hydrogens is 324 g/mol. The number of hydrogen-bond donors (Lipinski definition) is 0. The molecule has 1 aliphatic heterocycles. The second-order valence-electron chi connectivity index (χ2n) is 6.30. The fourth-order valence-electron chi connectivity index (χ4n) is 3.04. The van der Waals surface area contributed by atoms with Crippen LogP contribution in [0.3, 0.4) is 0 Å². The molecule has 0 bridgehead atoms. The first-order valence-electron chi connectivity index (χ1n) is 7.76. The fourth-order valence-corrected chi connectivity index (χ4v) is 3.86. The number of ether oxygens (including phenoxy) is 1. The van der Waals surface area contributed by atoms with Crippen LogP contribution in [0.25, 0.3) is 0 Å². The van der Waals surface area contributed by atoms with Crippen molar-refractivity contribution < 1.29 is 21.9 Å². The lowest BCUT2D eigenvalue weighted by Crippen LogP contribution is -2.23. The van der Waals surface area contributed by atoms with E-state index in [2.05, 4.69) is 18.7 Å². The van der Waals surface area contributed by atoms with Gasteiger partial charge in [-0.3, -0.25) is 0 Å². The van der Waals surface area contributed by atoms with Crippen LogP contribution in [0.1, 0.15) is 20.3 Å². The maximum atomic E-state index is 13.8. The highest BCUT2D eigenvalue weighted by Crippen LogP contribution is 2.27. The van der Waals surface area contributed by atoms with Crippen molar-refractivity contribution in [3.05, 3.63) is 23.8 Å². The summed E-state index contributed by atoms with van der Waals surface area (Å²) in [5, 5.41) is 0. The summed E-state index contributed by atoms with van der Waals surface area (Å²) >= 11 is 0. The fraction of sp³-hybridized carbons (Fsp3) is 0.625. The van der Waals surface area contributed by atoms with Gasteiger partial charge in [-0.2, -0.15) is 0 Å². The van der Waals surface area contributed by atoms with E-state index in [0.717, 1.165) is 44.4 Å². The van der Waals surface area contributed by atoms with E-state index >= 15 is 0 Å². The Morgan fingerprint density at radius 3 is 2.39 bits per heavy atom. The smallest absolute Gasteiger partial charge is 0.181 e. The predicted molar refractivity (Wildman–Crippen MR) is 84.3 cm³/mol. The second-order valence-corrected chi connectivity index (χ2v) is 8.25. The molecule has 0 amide bonds. The molecule has 130 valence electrons. The SMILES string of the molecule is CCCN1CC(C)C(COc2cc(F)c(S(C)(=O)=O)c(F)c2)C1. The van der Waals surface area contributed by atoms with Crippen LogP contribution in [0, 0.1) is 23.5 Å². The van der Waals surface area contributed by atoms with E-state index in [9.17, 15) is 17.2 Å².